The molecule has 0 fully saturated rings. The van der Waals surface area contributed by atoms with Crippen LogP contribution in [0.2, 0.25) is 0 Å². The fourth-order valence-corrected chi connectivity index (χ4v) is 9.93. The first kappa shape index (κ1) is 42.5. The lowest BCUT2D eigenvalue weighted by atomic mass is 10.00. The third-order valence-corrected chi connectivity index (χ3v) is 13.2. The van der Waals surface area contributed by atoms with Crippen LogP contribution in [0.4, 0.5) is 11.4 Å². The van der Waals surface area contributed by atoms with Gasteiger partial charge in [-0.05, 0) is 113 Å². The molecule has 0 radical (unpaired) electrons. The molecule has 3 aromatic heterocycles. The van der Waals surface area contributed by atoms with E-state index in [4.69, 9.17) is 23.1 Å². The Balaban J connectivity index is 1.17. The third kappa shape index (κ3) is 7.15. The van der Waals surface area contributed by atoms with Crippen LogP contribution in [-0.2, 0) is 0 Å². The van der Waals surface area contributed by atoms with Crippen LogP contribution in [0, 0.1) is 47.1 Å². The quantitative estimate of drug-likeness (QED) is 0.148. The zero-order valence-electron chi connectivity index (χ0n) is 38.1. The zero-order chi connectivity index (χ0) is 48.9. The van der Waals surface area contributed by atoms with Gasteiger partial charge in [0.1, 0.15) is 6.07 Å². The van der Waals surface area contributed by atoms with Gasteiger partial charge < -0.3 is 9.13 Å². The minimum absolute atomic E-state index is 0.385. The number of hydrogen-bond donors (Lipinski definition) is 0. The third-order valence-electron chi connectivity index (χ3n) is 13.2. The lowest BCUT2D eigenvalue weighted by molar-refractivity contribution is 1.11. The van der Waals surface area contributed by atoms with Crippen LogP contribution < -0.4 is 0 Å². The molecular formula is C63H33N9. The molecule has 0 aliphatic rings. The number of hydrogen-bond acceptors (Lipinski definition) is 5. The molecule has 72 heavy (non-hydrogen) atoms. The second kappa shape index (κ2) is 17.3. The van der Waals surface area contributed by atoms with Crippen LogP contribution in [0.15, 0.2) is 200 Å². The summed E-state index contributed by atoms with van der Waals surface area (Å²) >= 11 is 0. The van der Waals surface area contributed by atoms with E-state index in [9.17, 15) is 15.8 Å². The maximum Gasteiger partial charge on any atom is 0.189 e. The molecule has 0 saturated heterocycles. The summed E-state index contributed by atoms with van der Waals surface area (Å²) < 4.78 is 4.30. The molecule has 0 spiro atoms. The molecule has 12 rings (SSSR count). The number of fused-ring (bicyclic) bond motifs is 6. The molecule has 0 aliphatic heterocycles. The second-order valence-corrected chi connectivity index (χ2v) is 17.3. The summed E-state index contributed by atoms with van der Waals surface area (Å²) in [5.74, 6) is 0.453. The monoisotopic (exact) mass is 915 g/mol. The first-order valence-electron chi connectivity index (χ1n) is 22.9. The molecule has 0 aliphatic carbocycles. The van der Waals surface area contributed by atoms with Crippen molar-refractivity contribution in [3.05, 3.63) is 240 Å². The molecule has 9 aromatic carbocycles. The molecule has 0 atom stereocenters. The van der Waals surface area contributed by atoms with Crippen LogP contribution >= 0.6 is 0 Å². The summed E-state index contributed by atoms with van der Waals surface area (Å²) in [6.07, 6.45) is 0. The van der Waals surface area contributed by atoms with E-state index in [-0.39, 0.29) is 0 Å². The van der Waals surface area contributed by atoms with Crippen molar-refractivity contribution in [3.8, 4) is 85.7 Å². The second-order valence-electron chi connectivity index (χ2n) is 17.3. The summed E-state index contributed by atoms with van der Waals surface area (Å²) in [5, 5.41) is 34.9. The fourth-order valence-electron chi connectivity index (χ4n) is 9.93. The normalized spacial score (nSPS) is 11.0. The van der Waals surface area contributed by atoms with E-state index in [2.05, 4.69) is 79.5 Å². The minimum Gasteiger partial charge on any atom is -0.308 e. The zero-order valence-corrected chi connectivity index (χ0v) is 38.1. The Morgan fingerprint density at radius 1 is 0.375 bits per heavy atom. The predicted molar refractivity (Wildman–Crippen MR) is 285 cm³/mol. The Morgan fingerprint density at radius 2 is 0.833 bits per heavy atom. The van der Waals surface area contributed by atoms with Crippen LogP contribution in [0.5, 0.6) is 0 Å². The van der Waals surface area contributed by atoms with Gasteiger partial charge in [0, 0.05) is 49.4 Å². The number of para-hydroxylation sites is 2. The largest absolute Gasteiger partial charge is 0.308 e. The summed E-state index contributed by atoms with van der Waals surface area (Å²) in [6.45, 7) is 15.4. The summed E-state index contributed by atoms with van der Waals surface area (Å²) in [4.78, 5) is 18.1. The van der Waals surface area contributed by atoms with Gasteiger partial charge in [-0.15, -0.1) is 0 Å². The number of nitrogens with zero attached hydrogens (tertiary/aromatic N) is 9. The first-order valence-corrected chi connectivity index (χ1v) is 22.9. The van der Waals surface area contributed by atoms with Gasteiger partial charge in [0.05, 0.1) is 75.7 Å². The summed E-state index contributed by atoms with van der Waals surface area (Å²) in [5.41, 5.74) is 14.0. The number of nitriles is 3. The lowest BCUT2D eigenvalue weighted by Crippen LogP contribution is -2.06. The van der Waals surface area contributed by atoms with Crippen molar-refractivity contribution in [2.45, 2.75) is 0 Å². The highest BCUT2D eigenvalue weighted by atomic mass is 15.0. The van der Waals surface area contributed by atoms with Crippen LogP contribution in [-0.4, -0.2) is 19.1 Å². The van der Waals surface area contributed by atoms with Gasteiger partial charge in [0.25, 0.3) is 0 Å². The molecule has 9 nitrogen and oxygen atoms in total. The van der Waals surface area contributed by atoms with E-state index in [0.29, 0.717) is 50.8 Å². The topological polar surface area (TPSA) is 116 Å². The molecule has 0 N–H and O–H groups in total. The molecule has 0 saturated carbocycles. The van der Waals surface area contributed by atoms with Crippen molar-refractivity contribution in [2.75, 3.05) is 0 Å². The van der Waals surface area contributed by atoms with Crippen LogP contribution in [0.25, 0.3) is 121 Å². The van der Waals surface area contributed by atoms with Crippen molar-refractivity contribution < 1.29 is 0 Å². The SMILES string of the molecule is [C-]#[N+]c1cc(C#N)cc(-c2ccc3c(c2)c2ccccc2n3-c2cc(-c3nc(-c4ccccc4)cc(-c4ccccc4)n3)c(-n3c4ccccc4c4cc(-c5cc(C#N)cc([N+]#[C-])c5)ccc43)cc2C#N)c1. The number of rotatable bonds is 7. The Labute approximate surface area is 413 Å². The van der Waals surface area contributed by atoms with Crippen molar-refractivity contribution in [3.63, 3.8) is 0 Å². The highest BCUT2D eigenvalue weighted by Crippen LogP contribution is 2.43. The van der Waals surface area contributed by atoms with Gasteiger partial charge in [-0.25, -0.2) is 19.7 Å². The molecular weight excluding hydrogens is 883 g/mol. The Hall–Kier alpha value is -10.9. The van der Waals surface area contributed by atoms with Crippen molar-refractivity contribution >= 4 is 55.0 Å². The fraction of sp³-hybridized carbons (Fsp3) is 0. The van der Waals surface area contributed by atoms with Crippen molar-refractivity contribution in [1.82, 2.24) is 19.1 Å². The minimum atomic E-state index is 0.385. The number of benzene rings is 9. The molecule has 0 bridgehead atoms. The molecule has 0 unspecified atom stereocenters. The number of aromatic nitrogens is 4. The molecule has 3 heterocycles. The van der Waals surface area contributed by atoms with Crippen LogP contribution in [0.3, 0.4) is 0 Å². The van der Waals surface area contributed by atoms with E-state index in [1.165, 1.54) is 0 Å². The van der Waals surface area contributed by atoms with E-state index in [1.54, 1.807) is 36.4 Å². The maximum atomic E-state index is 11.4. The van der Waals surface area contributed by atoms with E-state index < -0.39 is 0 Å². The van der Waals surface area contributed by atoms with Crippen molar-refractivity contribution in [1.29, 1.82) is 15.8 Å². The highest BCUT2D eigenvalue weighted by molar-refractivity contribution is 6.12. The summed E-state index contributed by atoms with van der Waals surface area (Å²) in [7, 11) is 0. The van der Waals surface area contributed by atoms with Gasteiger partial charge in [-0.3, -0.25) is 0 Å². The maximum absolute atomic E-state index is 11.4. The van der Waals surface area contributed by atoms with Crippen molar-refractivity contribution in [2.24, 2.45) is 0 Å². The molecule has 330 valence electrons. The van der Waals surface area contributed by atoms with Gasteiger partial charge in [-0.2, -0.15) is 15.8 Å². The van der Waals surface area contributed by atoms with Gasteiger partial charge >= 0.3 is 0 Å². The molecule has 9 heteroatoms. The molecule has 0 amide bonds. The van der Waals surface area contributed by atoms with Gasteiger partial charge in [0.2, 0.25) is 0 Å². The van der Waals surface area contributed by atoms with Gasteiger partial charge in [0.15, 0.2) is 17.2 Å². The van der Waals surface area contributed by atoms with E-state index in [1.807, 2.05) is 121 Å². The van der Waals surface area contributed by atoms with Gasteiger partial charge in [-0.1, -0.05) is 109 Å². The smallest absolute Gasteiger partial charge is 0.189 e. The van der Waals surface area contributed by atoms with E-state index >= 15 is 0 Å². The predicted octanol–water partition coefficient (Wildman–Crippen LogP) is 15.7. The summed E-state index contributed by atoms with van der Waals surface area (Å²) in [6, 6.07) is 72.0. The first-order chi connectivity index (χ1) is 35.4. The highest BCUT2D eigenvalue weighted by Gasteiger charge is 2.24. The standard InChI is InChI=1S/C63H33N9/c1-67-48-27-39(36-64)25-45(29-48)43-21-23-59-52(31-43)50-17-9-11-19-57(50)71(59)61-34-54(63-69-55(41-13-5-3-6-14-41)35-56(70-63)42-15-7-4-8-16-42)62(33-47(61)38-66)72-58-20-12-10-18-51(58)53-32-44(22-24-60(53)72)46-26-40(37-65)28-49(30-46)68-2/h3-35H. The average Bonchev–Trinajstić information content (AvgIpc) is 3.96. The average molecular weight is 916 g/mol. The molecule has 12 aromatic rings. The van der Waals surface area contributed by atoms with E-state index in [0.717, 1.165) is 88.4 Å². The Bertz CT molecular complexity index is 4330. The van der Waals surface area contributed by atoms with Crippen LogP contribution in [0.1, 0.15) is 16.7 Å². The Kier molecular flexibility index (Phi) is 10.2. The lowest BCUT2D eigenvalue weighted by Gasteiger charge is -2.19. The Morgan fingerprint density at radius 3 is 1.31 bits per heavy atom.